The van der Waals surface area contributed by atoms with Crippen molar-refractivity contribution in [1.29, 1.82) is 0 Å². The molecule has 1 atom stereocenters. The SMILES string of the molecule is CCCOc1ccnc(NC(C)c2ccc(C)cc2)n1. The van der Waals surface area contributed by atoms with Gasteiger partial charge in [-0.05, 0) is 25.8 Å². The number of anilines is 1. The summed E-state index contributed by atoms with van der Waals surface area (Å²) in [5.74, 6) is 1.20. The molecule has 0 saturated carbocycles. The highest BCUT2D eigenvalue weighted by molar-refractivity contribution is 5.34. The highest BCUT2D eigenvalue weighted by Gasteiger charge is 2.07. The van der Waals surface area contributed by atoms with Gasteiger partial charge in [-0.1, -0.05) is 36.8 Å². The Morgan fingerprint density at radius 2 is 1.95 bits per heavy atom. The molecule has 106 valence electrons. The second-order valence-electron chi connectivity index (χ2n) is 4.84. The van der Waals surface area contributed by atoms with Gasteiger partial charge in [-0.3, -0.25) is 0 Å². The molecule has 0 radical (unpaired) electrons. The first-order chi connectivity index (χ1) is 9.69. The van der Waals surface area contributed by atoms with Gasteiger partial charge >= 0.3 is 0 Å². The van der Waals surface area contributed by atoms with Crippen LogP contribution in [-0.4, -0.2) is 16.6 Å². The number of rotatable bonds is 6. The third-order valence-corrected chi connectivity index (χ3v) is 3.01. The van der Waals surface area contributed by atoms with Gasteiger partial charge in [0.15, 0.2) is 0 Å². The molecular weight excluding hydrogens is 250 g/mol. The number of nitrogens with zero attached hydrogens (tertiary/aromatic N) is 2. The summed E-state index contributed by atoms with van der Waals surface area (Å²) in [6.07, 6.45) is 2.68. The molecule has 0 aliphatic rings. The van der Waals surface area contributed by atoms with Crippen molar-refractivity contribution in [3.8, 4) is 5.88 Å². The maximum Gasteiger partial charge on any atom is 0.226 e. The minimum Gasteiger partial charge on any atom is -0.478 e. The third-order valence-electron chi connectivity index (χ3n) is 3.01. The molecule has 2 rings (SSSR count). The van der Waals surface area contributed by atoms with Crippen LogP contribution in [0.15, 0.2) is 36.5 Å². The van der Waals surface area contributed by atoms with E-state index in [0.29, 0.717) is 18.4 Å². The largest absolute Gasteiger partial charge is 0.478 e. The Balaban J connectivity index is 2.03. The summed E-state index contributed by atoms with van der Waals surface area (Å²) in [5, 5.41) is 3.29. The van der Waals surface area contributed by atoms with Crippen molar-refractivity contribution in [3.05, 3.63) is 47.7 Å². The average Bonchev–Trinajstić information content (AvgIpc) is 2.46. The number of hydrogen-bond acceptors (Lipinski definition) is 4. The summed E-state index contributed by atoms with van der Waals surface area (Å²) in [5.41, 5.74) is 2.46. The van der Waals surface area contributed by atoms with Crippen LogP contribution in [0.1, 0.15) is 37.4 Å². The normalized spacial score (nSPS) is 11.9. The summed E-state index contributed by atoms with van der Waals surface area (Å²) in [6, 6.07) is 10.4. The predicted molar refractivity (Wildman–Crippen MR) is 81.0 cm³/mol. The van der Waals surface area contributed by atoms with E-state index < -0.39 is 0 Å². The maximum absolute atomic E-state index is 5.51. The van der Waals surface area contributed by atoms with E-state index in [1.807, 2.05) is 0 Å². The van der Waals surface area contributed by atoms with E-state index in [-0.39, 0.29) is 6.04 Å². The molecule has 4 nitrogen and oxygen atoms in total. The van der Waals surface area contributed by atoms with Gasteiger partial charge in [0, 0.05) is 12.3 Å². The molecule has 0 fully saturated rings. The quantitative estimate of drug-likeness (QED) is 0.869. The molecule has 0 aliphatic carbocycles. The first kappa shape index (κ1) is 14.3. The topological polar surface area (TPSA) is 47.0 Å². The van der Waals surface area contributed by atoms with Crippen molar-refractivity contribution in [2.75, 3.05) is 11.9 Å². The van der Waals surface area contributed by atoms with Crippen LogP contribution in [0.3, 0.4) is 0 Å². The van der Waals surface area contributed by atoms with Crippen molar-refractivity contribution >= 4 is 5.95 Å². The standard InChI is InChI=1S/C16H21N3O/c1-4-11-20-15-9-10-17-16(19-15)18-13(3)14-7-5-12(2)6-8-14/h5-10,13H,4,11H2,1-3H3,(H,17,18,19). The molecule has 2 aromatic rings. The Labute approximate surface area is 120 Å². The lowest BCUT2D eigenvalue weighted by atomic mass is 10.1. The Hall–Kier alpha value is -2.10. The van der Waals surface area contributed by atoms with E-state index in [4.69, 9.17) is 4.74 Å². The van der Waals surface area contributed by atoms with E-state index in [1.54, 1.807) is 12.3 Å². The lowest BCUT2D eigenvalue weighted by molar-refractivity contribution is 0.305. The van der Waals surface area contributed by atoms with Gasteiger partial charge < -0.3 is 10.1 Å². The van der Waals surface area contributed by atoms with Gasteiger partial charge in [-0.15, -0.1) is 0 Å². The van der Waals surface area contributed by atoms with Crippen LogP contribution in [0.5, 0.6) is 5.88 Å². The lowest BCUT2D eigenvalue weighted by Crippen LogP contribution is -2.10. The van der Waals surface area contributed by atoms with Crippen molar-refractivity contribution in [2.45, 2.75) is 33.2 Å². The summed E-state index contributed by atoms with van der Waals surface area (Å²) in [4.78, 5) is 8.58. The molecule has 20 heavy (non-hydrogen) atoms. The number of aryl methyl sites for hydroxylation is 1. The second-order valence-corrected chi connectivity index (χ2v) is 4.84. The van der Waals surface area contributed by atoms with Crippen LogP contribution < -0.4 is 10.1 Å². The summed E-state index contributed by atoms with van der Waals surface area (Å²) < 4.78 is 5.51. The van der Waals surface area contributed by atoms with Crippen molar-refractivity contribution in [1.82, 2.24) is 9.97 Å². The molecule has 0 saturated heterocycles. The van der Waals surface area contributed by atoms with E-state index in [9.17, 15) is 0 Å². The monoisotopic (exact) mass is 271 g/mol. The second kappa shape index (κ2) is 6.89. The lowest BCUT2D eigenvalue weighted by Gasteiger charge is -2.15. The van der Waals surface area contributed by atoms with Gasteiger partial charge in [0.05, 0.1) is 12.6 Å². The Morgan fingerprint density at radius 1 is 1.20 bits per heavy atom. The summed E-state index contributed by atoms with van der Waals surface area (Å²) >= 11 is 0. The zero-order chi connectivity index (χ0) is 14.4. The van der Waals surface area contributed by atoms with Gasteiger partial charge in [-0.25, -0.2) is 4.98 Å². The predicted octanol–water partition coefficient (Wildman–Crippen LogP) is 3.75. The fourth-order valence-corrected chi connectivity index (χ4v) is 1.83. The number of benzene rings is 1. The van der Waals surface area contributed by atoms with Gasteiger partial charge in [-0.2, -0.15) is 4.98 Å². The minimum absolute atomic E-state index is 0.150. The highest BCUT2D eigenvalue weighted by Crippen LogP contribution is 2.18. The molecule has 0 aliphatic heterocycles. The van der Waals surface area contributed by atoms with Crippen molar-refractivity contribution < 1.29 is 4.74 Å². The molecular formula is C16H21N3O. The molecule has 0 bridgehead atoms. The highest BCUT2D eigenvalue weighted by atomic mass is 16.5. The molecule has 1 N–H and O–H groups in total. The maximum atomic E-state index is 5.51. The summed E-state index contributed by atoms with van der Waals surface area (Å²) in [7, 11) is 0. The fourth-order valence-electron chi connectivity index (χ4n) is 1.83. The van der Waals surface area contributed by atoms with Crippen LogP contribution in [0.25, 0.3) is 0 Å². The van der Waals surface area contributed by atoms with Crippen LogP contribution in [0.4, 0.5) is 5.95 Å². The van der Waals surface area contributed by atoms with Crippen LogP contribution >= 0.6 is 0 Å². The molecule has 1 unspecified atom stereocenters. The average molecular weight is 271 g/mol. The number of ether oxygens (including phenoxy) is 1. The fraction of sp³-hybridized carbons (Fsp3) is 0.375. The van der Waals surface area contributed by atoms with Crippen LogP contribution in [0, 0.1) is 6.92 Å². The first-order valence-corrected chi connectivity index (χ1v) is 6.98. The van der Waals surface area contributed by atoms with Crippen molar-refractivity contribution in [3.63, 3.8) is 0 Å². The minimum atomic E-state index is 0.150. The molecule has 0 spiro atoms. The number of aromatic nitrogens is 2. The zero-order valence-electron chi connectivity index (χ0n) is 12.3. The molecule has 1 aromatic heterocycles. The Kier molecular flexibility index (Phi) is 4.93. The number of nitrogens with one attached hydrogen (secondary N) is 1. The Bertz CT molecular complexity index is 540. The van der Waals surface area contributed by atoms with Gasteiger partial charge in [0.1, 0.15) is 0 Å². The number of hydrogen-bond donors (Lipinski definition) is 1. The van der Waals surface area contributed by atoms with Crippen molar-refractivity contribution in [2.24, 2.45) is 0 Å². The van der Waals surface area contributed by atoms with Crippen LogP contribution in [-0.2, 0) is 0 Å². The zero-order valence-corrected chi connectivity index (χ0v) is 12.3. The molecule has 1 aromatic carbocycles. The summed E-state index contributed by atoms with van der Waals surface area (Å²) in [6.45, 7) is 6.91. The van der Waals surface area contributed by atoms with Gasteiger partial charge in [0.2, 0.25) is 11.8 Å². The third kappa shape index (κ3) is 3.95. The molecule has 1 heterocycles. The van der Waals surface area contributed by atoms with E-state index in [1.165, 1.54) is 11.1 Å². The Morgan fingerprint density at radius 3 is 2.65 bits per heavy atom. The molecule has 0 amide bonds. The van der Waals surface area contributed by atoms with E-state index in [0.717, 1.165) is 6.42 Å². The van der Waals surface area contributed by atoms with E-state index in [2.05, 4.69) is 60.3 Å². The molecule has 4 heteroatoms. The van der Waals surface area contributed by atoms with Crippen LogP contribution in [0.2, 0.25) is 0 Å². The smallest absolute Gasteiger partial charge is 0.226 e. The first-order valence-electron chi connectivity index (χ1n) is 6.98. The van der Waals surface area contributed by atoms with Gasteiger partial charge in [0.25, 0.3) is 0 Å². The van der Waals surface area contributed by atoms with E-state index >= 15 is 0 Å².